The summed E-state index contributed by atoms with van der Waals surface area (Å²) in [6.45, 7) is 2.67. The van der Waals surface area contributed by atoms with Crippen molar-refractivity contribution < 1.29 is 9.18 Å². The molecule has 1 amide bonds. The average molecular weight is 344 g/mol. The molecule has 3 N–H and O–H groups in total. The van der Waals surface area contributed by atoms with Gasteiger partial charge in [0, 0.05) is 11.0 Å². The van der Waals surface area contributed by atoms with Crippen LogP contribution < -0.4 is 11.1 Å². The van der Waals surface area contributed by atoms with Crippen molar-refractivity contribution in [3.8, 4) is 0 Å². The fourth-order valence-electron chi connectivity index (χ4n) is 2.47. The largest absolute Gasteiger partial charge is 0.330 e. The van der Waals surface area contributed by atoms with Crippen molar-refractivity contribution >= 4 is 27.5 Å². The topological polar surface area (TPSA) is 58.4 Å². The molecule has 1 aromatic rings. The molecule has 20 heavy (non-hydrogen) atoms. The van der Waals surface area contributed by atoms with Crippen LogP contribution in [0.5, 0.6) is 0 Å². The van der Waals surface area contributed by atoms with Crippen molar-refractivity contribution in [1.29, 1.82) is 0 Å². The molecule has 110 valence electrons. The summed E-state index contributed by atoms with van der Waals surface area (Å²) >= 11 is 3.18. The standard InChI is InChI=1S/C14H19BrFN3O/c15-11-3-4-13(12(16)6-11)18-14(20)9-19-5-1-2-10(7-17)8-19/h3-4,6,10H,1-2,5,7-9,17H2,(H,18,20). The number of rotatable bonds is 4. The number of carbonyl (C=O) groups excluding carboxylic acids is 1. The molecule has 1 aromatic carbocycles. The summed E-state index contributed by atoms with van der Waals surface area (Å²) in [5.41, 5.74) is 5.89. The molecule has 0 radical (unpaired) electrons. The Hall–Kier alpha value is -0.980. The zero-order chi connectivity index (χ0) is 14.5. The third-order valence-corrected chi connectivity index (χ3v) is 4.00. The summed E-state index contributed by atoms with van der Waals surface area (Å²) < 4.78 is 14.3. The summed E-state index contributed by atoms with van der Waals surface area (Å²) in [6, 6.07) is 4.58. The van der Waals surface area contributed by atoms with Crippen LogP contribution in [0.25, 0.3) is 0 Å². The highest BCUT2D eigenvalue weighted by Crippen LogP contribution is 2.20. The summed E-state index contributed by atoms with van der Waals surface area (Å²) in [6.07, 6.45) is 2.18. The van der Waals surface area contributed by atoms with E-state index in [0.717, 1.165) is 25.9 Å². The Labute approximate surface area is 126 Å². The Morgan fingerprint density at radius 1 is 1.55 bits per heavy atom. The number of carbonyl (C=O) groups is 1. The maximum Gasteiger partial charge on any atom is 0.238 e. The van der Waals surface area contributed by atoms with E-state index >= 15 is 0 Å². The lowest BCUT2D eigenvalue weighted by atomic mass is 9.98. The Kier molecular flexibility index (Phi) is 5.51. The third kappa shape index (κ3) is 4.26. The van der Waals surface area contributed by atoms with Gasteiger partial charge >= 0.3 is 0 Å². The summed E-state index contributed by atoms with van der Waals surface area (Å²) in [5.74, 6) is -0.170. The Morgan fingerprint density at radius 2 is 2.35 bits per heavy atom. The summed E-state index contributed by atoms with van der Waals surface area (Å²) in [7, 11) is 0. The van der Waals surface area contributed by atoms with Crippen LogP contribution in [-0.4, -0.2) is 37.0 Å². The predicted octanol–water partition coefficient (Wildman–Crippen LogP) is 2.20. The van der Waals surface area contributed by atoms with Crippen molar-refractivity contribution in [2.45, 2.75) is 12.8 Å². The van der Waals surface area contributed by atoms with E-state index in [4.69, 9.17) is 5.73 Å². The van der Waals surface area contributed by atoms with Gasteiger partial charge in [0.1, 0.15) is 5.82 Å². The fourth-order valence-corrected chi connectivity index (χ4v) is 2.80. The zero-order valence-electron chi connectivity index (χ0n) is 11.2. The molecule has 0 spiro atoms. The number of piperidine rings is 1. The first-order valence-electron chi connectivity index (χ1n) is 6.76. The molecule has 1 atom stereocenters. The van der Waals surface area contributed by atoms with Gasteiger partial charge in [-0.25, -0.2) is 4.39 Å². The van der Waals surface area contributed by atoms with Gasteiger partial charge in [0.05, 0.1) is 12.2 Å². The Balaban J connectivity index is 1.88. The molecule has 0 aliphatic carbocycles. The monoisotopic (exact) mass is 343 g/mol. The van der Waals surface area contributed by atoms with Crippen LogP contribution in [0.15, 0.2) is 22.7 Å². The van der Waals surface area contributed by atoms with Gasteiger partial charge < -0.3 is 11.1 Å². The minimum absolute atomic E-state index is 0.191. The van der Waals surface area contributed by atoms with Crippen LogP contribution in [0, 0.1) is 11.7 Å². The van der Waals surface area contributed by atoms with Gasteiger partial charge in [0.25, 0.3) is 0 Å². The van der Waals surface area contributed by atoms with E-state index in [1.807, 2.05) is 0 Å². The molecule has 2 rings (SSSR count). The number of likely N-dealkylation sites (tertiary alicyclic amines) is 1. The summed E-state index contributed by atoms with van der Waals surface area (Å²) in [5, 5.41) is 2.61. The van der Waals surface area contributed by atoms with Crippen molar-refractivity contribution in [2.75, 3.05) is 31.5 Å². The van der Waals surface area contributed by atoms with Crippen molar-refractivity contribution in [3.63, 3.8) is 0 Å². The quantitative estimate of drug-likeness (QED) is 0.880. The SMILES string of the molecule is NCC1CCCN(CC(=O)Nc2ccc(Br)cc2F)C1. The van der Waals surface area contributed by atoms with Crippen LogP contribution in [0.3, 0.4) is 0 Å². The van der Waals surface area contributed by atoms with E-state index in [1.54, 1.807) is 12.1 Å². The van der Waals surface area contributed by atoms with Crippen molar-refractivity contribution in [2.24, 2.45) is 11.7 Å². The van der Waals surface area contributed by atoms with Crippen molar-refractivity contribution in [3.05, 3.63) is 28.5 Å². The van der Waals surface area contributed by atoms with Crippen molar-refractivity contribution in [1.82, 2.24) is 4.90 Å². The minimum atomic E-state index is -0.439. The van der Waals surface area contributed by atoms with Crippen LogP contribution in [0.4, 0.5) is 10.1 Å². The molecule has 0 aromatic heterocycles. The lowest BCUT2D eigenvalue weighted by Gasteiger charge is -2.31. The van der Waals surface area contributed by atoms with Gasteiger partial charge in [-0.1, -0.05) is 15.9 Å². The van der Waals surface area contributed by atoms with Gasteiger partial charge in [-0.2, -0.15) is 0 Å². The molecule has 1 unspecified atom stereocenters. The number of hydrogen-bond donors (Lipinski definition) is 2. The first kappa shape index (κ1) is 15.4. The first-order valence-corrected chi connectivity index (χ1v) is 7.55. The molecule has 1 fully saturated rings. The number of nitrogens with two attached hydrogens (primary N) is 1. The van der Waals surface area contributed by atoms with E-state index < -0.39 is 5.82 Å². The van der Waals surface area contributed by atoms with Crippen LogP contribution in [-0.2, 0) is 4.79 Å². The first-order chi connectivity index (χ1) is 9.58. The highest BCUT2D eigenvalue weighted by molar-refractivity contribution is 9.10. The number of nitrogens with zero attached hydrogens (tertiary/aromatic N) is 1. The van der Waals surface area contributed by atoms with Gasteiger partial charge in [0.2, 0.25) is 5.91 Å². The van der Waals surface area contributed by atoms with E-state index in [1.165, 1.54) is 6.07 Å². The second kappa shape index (κ2) is 7.15. The zero-order valence-corrected chi connectivity index (χ0v) is 12.8. The molecule has 0 saturated carbocycles. The smallest absolute Gasteiger partial charge is 0.238 e. The fraction of sp³-hybridized carbons (Fsp3) is 0.500. The lowest BCUT2D eigenvalue weighted by molar-refractivity contribution is -0.117. The van der Waals surface area contributed by atoms with E-state index in [-0.39, 0.29) is 18.1 Å². The third-order valence-electron chi connectivity index (χ3n) is 3.51. The summed E-state index contributed by atoms with van der Waals surface area (Å²) in [4.78, 5) is 14.0. The van der Waals surface area contributed by atoms with Crippen LogP contribution in [0.1, 0.15) is 12.8 Å². The minimum Gasteiger partial charge on any atom is -0.330 e. The predicted molar refractivity (Wildman–Crippen MR) is 80.9 cm³/mol. The highest BCUT2D eigenvalue weighted by atomic mass is 79.9. The van der Waals surface area contributed by atoms with Gasteiger partial charge in [-0.15, -0.1) is 0 Å². The van der Waals surface area contributed by atoms with Crippen LogP contribution >= 0.6 is 15.9 Å². The number of nitrogens with one attached hydrogen (secondary N) is 1. The normalized spacial score (nSPS) is 19.9. The van der Waals surface area contributed by atoms with Gasteiger partial charge in [0.15, 0.2) is 0 Å². The second-order valence-corrected chi connectivity index (χ2v) is 6.07. The molecule has 1 aliphatic rings. The number of hydrogen-bond acceptors (Lipinski definition) is 3. The number of amides is 1. The maximum absolute atomic E-state index is 13.6. The Bertz CT molecular complexity index is 483. The average Bonchev–Trinajstić information content (AvgIpc) is 2.42. The molecule has 1 heterocycles. The second-order valence-electron chi connectivity index (χ2n) is 5.15. The highest BCUT2D eigenvalue weighted by Gasteiger charge is 2.20. The van der Waals surface area contributed by atoms with Gasteiger partial charge in [-0.05, 0) is 50.0 Å². The molecule has 4 nitrogen and oxygen atoms in total. The molecular formula is C14H19BrFN3O. The van der Waals surface area contributed by atoms with E-state index in [9.17, 15) is 9.18 Å². The number of anilines is 1. The molecule has 1 aliphatic heterocycles. The Morgan fingerprint density at radius 3 is 3.05 bits per heavy atom. The molecular weight excluding hydrogens is 325 g/mol. The van der Waals surface area contributed by atoms with E-state index in [2.05, 4.69) is 26.1 Å². The maximum atomic E-state index is 13.6. The lowest BCUT2D eigenvalue weighted by Crippen LogP contribution is -2.42. The molecule has 6 heteroatoms. The molecule has 0 bridgehead atoms. The van der Waals surface area contributed by atoms with Crippen LogP contribution in [0.2, 0.25) is 0 Å². The number of benzene rings is 1. The van der Waals surface area contributed by atoms with Gasteiger partial charge in [-0.3, -0.25) is 9.69 Å². The van der Waals surface area contributed by atoms with E-state index in [0.29, 0.717) is 16.9 Å². The number of halogens is 2. The molecule has 1 saturated heterocycles.